The highest BCUT2D eigenvalue weighted by molar-refractivity contribution is 9.10. The van der Waals surface area contributed by atoms with Gasteiger partial charge in [0.05, 0.1) is 27.6 Å². The summed E-state index contributed by atoms with van der Waals surface area (Å²) in [5.41, 5.74) is 3.14. The monoisotopic (exact) mass is 337 g/mol. The van der Waals surface area contributed by atoms with Gasteiger partial charge < -0.3 is 5.32 Å². The lowest BCUT2D eigenvalue weighted by molar-refractivity contribution is 0.499. The maximum atomic E-state index is 4.44. The molecule has 2 rings (SSSR count). The van der Waals surface area contributed by atoms with Crippen LogP contribution in [0.3, 0.4) is 0 Å². The lowest BCUT2D eigenvalue weighted by atomic mass is 10.1. The van der Waals surface area contributed by atoms with Crippen LogP contribution >= 0.6 is 15.9 Å². The van der Waals surface area contributed by atoms with E-state index >= 15 is 0 Å². The zero-order chi connectivity index (χ0) is 14.5. The second-order valence-corrected chi connectivity index (χ2v) is 5.60. The van der Waals surface area contributed by atoms with E-state index in [9.17, 15) is 0 Å². The highest BCUT2D eigenvalue weighted by Gasteiger charge is 2.18. The first-order valence-corrected chi connectivity index (χ1v) is 7.60. The topological polar surface area (TPSA) is 55.6 Å². The van der Waals surface area contributed by atoms with Crippen LogP contribution in [0.25, 0.3) is 0 Å². The number of hydrogen-bond acceptors (Lipinski definition) is 4. The van der Waals surface area contributed by atoms with E-state index in [4.69, 9.17) is 0 Å². The number of nitrogens with zero attached hydrogens (tertiary/aromatic N) is 4. The summed E-state index contributed by atoms with van der Waals surface area (Å²) in [6, 6.07) is 0.148. The van der Waals surface area contributed by atoms with Gasteiger partial charge in [0, 0.05) is 32.1 Å². The molecule has 0 bridgehead atoms. The zero-order valence-electron chi connectivity index (χ0n) is 12.1. The molecule has 2 heterocycles. The van der Waals surface area contributed by atoms with Gasteiger partial charge in [0.15, 0.2) is 0 Å². The van der Waals surface area contributed by atoms with Crippen molar-refractivity contribution in [1.82, 2.24) is 25.1 Å². The molecular weight excluding hydrogens is 318 g/mol. The van der Waals surface area contributed by atoms with Gasteiger partial charge in [-0.25, -0.2) is 0 Å². The molecule has 0 fully saturated rings. The van der Waals surface area contributed by atoms with Gasteiger partial charge in [-0.2, -0.15) is 5.10 Å². The molecule has 0 aliphatic heterocycles. The van der Waals surface area contributed by atoms with E-state index in [1.165, 1.54) is 5.69 Å². The van der Waals surface area contributed by atoms with Gasteiger partial charge in [0.1, 0.15) is 0 Å². The van der Waals surface area contributed by atoms with Gasteiger partial charge in [-0.05, 0) is 35.8 Å². The molecule has 0 aliphatic rings. The quantitative estimate of drug-likeness (QED) is 0.880. The number of rotatable bonds is 6. The molecule has 6 heteroatoms. The summed E-state index contributed by atoms with van der Waals surface area (Å²) in [7, 11) is 1.97. The van der Waals surface area contributed by atoms with Crippen molar-refractivity contribution in [2.24, 2.45) is 7.05 Å². The largest absolute Gasteiger partial charge is 0.308 e. The van der Waals surface area contributed by atoms with E-state index < -0.39 is 0 Å². The van der Waals surface area contributed by atoms with Crippen LogP contribution in [0.5, 0.6) is 0 Å². The third-order valence-electron chi connectivity index (χ3n) is 3.24. The fraction of sp³-hybridized carbons (Fsp3) is 0.500. The van der Waals surface area contributed by atoms with Crippen LogP contribution in [-0.4, -0.2) is 26.3 Å². The van der Waals surface area contributed by atoms with Crippen molar-refractivity contribution in [2.45, 2.75) is 32.7 Å². The summed E-state index contributed by atoms with van der Waals surface area (Å²) >= 11 is 3.62. The van der Waals surface area contributed by atoms with Crippen molar-refractivity contribution in [1.29, 1.82) is 0 Å². The Balaban J connectivity index is 2.24. The average Bonchev–Trinajstić information content (AvgIpc) is 2.70. The van der Waals surface area contributed by atoms with Crippen molar-refractivity contribution in [3.8, 4) is 0 Å². The van der Waals surface area contributed by atoms with Crippen LogP contribution in [-0.2, 0) is 13.5 Å². The molecule has 0 spiro atoms. The highest BCUT2D eigenvalue weighted by Crippen LogP contribution is 2.25. The third kappa shape index (κ3) is 3.43. The molecular formula is C14H20BrN5. The number of halogens is 1. The average molecular weight is 338 g/mol. The third-order valence-corrected chi connectivity index (χ3v) is 4.27. The van der Waals surface area contributed by atoms with Gasteiger partial charge >= 0.3 is 0 Å². The van der Waals surface area contributed by atoms with Gasteiger partial charge in [-0.15, -0.1) is 0 Å². The van der Waals surface area contributed by atoms with Crippen LogP contribution in [0.15, 0.2) is 23.1 Å². The zero-order valence-corrected chi connectivity index (χ0v) is 13.7. The van der Waals surface area contributed by atoms with Crippen molar-refractivity contribution in [3.05, 3.63) is 40.1 Å². The van der Waals surface area contributed by atoms with Crippen LogP contribution < -0.4 is 5.32 Å². The molecule has 0 aromatic carbocycles. The summed E-state index contributed by atoms with van der Waals surface area (Å²) in [6.07, 6.45) is 7.17. The Morgan fingerprint density at radius 2 is 2.20 bits per heavy atom. The number of aryl methyl sites for hydroxylation is 2. The summed E-state index contributed by atoms with van der Waals surface area (Å²) in [5.74, 6) is 0. The minimum Gasteiger partial charge on any atom is -0.308 e. The molecule has 108 valence electrons. The summed E-state index contributed by atoms with van der Waals surface area (Å²) in [5, 5.41) is 7.98. The predicted molar refractivity (Wildman–Crippen MR) is 82.4 cm³/mol. The van der Waals surface area contributed by atoms with Crippen LogP contribution in [0.1, 0.15) is 36.5 Å². The number of aromatic nitrogens is 4. The molecule has 0 saturated carbocycles. The lowest BCUT2D eigenvalue weighted by Crippen LogP contribution is -2.26. The van der Waals surface area contributed by atoms with E-state index in [1.807, 2.05) is 24.9 Å². The molecule has 2 aromatic heterocycles. The van der Waals surface area contributed by atoms with Crippen molar-refractivity contribution < 1.29 is 0 Å². The second-order valence-electron chi connectivity index (χ2n) is 4.81. The van der Waals surface area contributed by atoms with Gasteiger partial charge in [-0.3, -0.25) is 14.6 Å². The van der Waals surface area contributed by atoms with Crippen molar-refractivity contribution in [3.63, 3.8) is 0 Å². The maximum absolute atomic E-state index is 4.44. The Kier molecular flexibility index (Phi) is 5.25. The standard InChI is InChI=1S/C14H20BrN5/c1-4-5-17-11(12-9-16-6-7-18-12)8-13-14(15)10(2)19-20(13)3/h6-7,9,11,17H,4-5,8H2,1-3H3. The molecule has 1 N–H and O–H groups in total. The summed E-state index contributed by atoms with van der Waals surface area (Å²) in [4.78, 5) is 8.59. The van der Waals surface area contributed by atoms with E-state index in [2.05, 4.69) is 43.2 Å². The van der Waals surface area contributed by atoms with E-state index in [1.54, 1.807) is 12.4 Å². The lowest BCUT2D eigenvalue weighted by Gasteiger charge is -2.18. The first-order chi connectivity index (χ1) is 9.63. The minimum atomic E-state index is 0.148. The molecule has 2 aromatic rings. The Morgan fingerprint density at radius 3 is 2.75 bits per heavy atom. The molecule has 1 atom stereocenters. The fourth-order valence-electron chi connectivity index (χ4n) is 2.19. The maximum Gasteiger partial charge on any atom is 0.0760 e. The molecule has 0 saturated heterocycles. The predicted octanol–water partition coefficient (Wildman–Crippen LogP) is 2.56. The van der Waals surface area contributed by atoms with Gasteiger partial charge in [0.25, 0.3) is 0 Å². The molecule has 1 unspecified atom stereocenters. The Labute approximate surface area is 128 Å². The molecule has 0 aliphatic carbocycles. The first kappa shape index (κ1) is 15.1. The van der Waals surface area contributed by atoms with Gasteiger partial charge in [0.2, 0.25) is 0 Å². The van der Waals surface area contributed by atoms with E-state index in [0.29, 0.717) is 0 Å². The molecule has 5 nitrogen and oxygen atoms in total. The Hall–Kier alpha value is -1.27. The molecule has 0 radical (unpaired) electrons. The molecule has 20 heavy (non-hydrogen) atoms. The number of nitrogens with one attached hydrogen (secondary N) is 1. The number of hydrogen-bond donors (Lipinski definition) is 1. The summed E-state index contributed by atoms with van der Waals surface area (Å²) < 4.78 is 3.00. The van der Waals surface area contributed by atoms with Gasteiger partial charge in [-0.1, -0.05) is 6.92 Å². The van der Waals surface area contributed by atoms with Crippen LogP contribution in [0.2, 0.25) is 0 Å². The first-order valence-electron chi connectivity index (χ1n) is 6.80. The van der Waals surface area contributed by atoms with E-state index in [-0.39, 0.29) is 6.04 Å². The summed E-state index contributed by atoms with van der Waals surface area (Å²) in [6.45, 7) is 5.12. The fourth-order valence-corrected chi connectivity index (χ4v) is 2.68. The van der Waals surface area contributed by atoms with Crippen LogP contribution in [0.4, 0.5) is 0 Å². The smallest absolute Gasteiger partial charge is 0.0760 e. The Bertz CT molecular complexity index is 552. The van der Waals surface area contributed by atoms with E-state index in [0.717, 1.165) is 35.2 Å². The minimum absolute atomic E-state index is 0.148. The SMILES string of the molecule is CCCNC(Cc1c(Br)c(C)nn1C)c1cnccn1. The highest BCUT2D eigenvalue weighted by atomic mass is 79.9. The van der Waals surface area contributed by atoms with Crippen molar-refractivity contribution in [2.75, 3.05) is 6.54 Å². The second kappa shape index (κ2) is 6.95. The Morgan fingerprint density at radius 1 is 1.40 bits per heavy atom. The van der Waals surface area contributed by atoms with Crippen molar-refractivity contribution >= 4 is 15.9 Å². The molecule has 0 amide bonds. The normalized spacial score (nSPS) is 12.6. The van der Waals surface area contributed by atoms with Crippen LogP contribution in [0, 0.1) is 6.92 Å².